The van der Waals surface area contributed by atoms with Gasteiger partial charge < -0.3 is 10.5 Å². The van der Waals surface area contributed by atoms with Gasteiger partial charge in [-0.25, -0.2) is 0 Å². The average molecular weight is 214 g/mol. The van der Waals surface area contributed by atoms with E-state index in [2.05, 4.69) is 4.98 Å². The van der Waals surface area contributed by atoms with Gasteiger partial charge in [-0.2, -0.15) is 0 Å². The highest BCUT2D eigenvalue weighted by atomic mass is 16.5. The van der Waals surface area contributed by atoms with E-state index >= 15 is 0 Å². The third kappa shape index (κ3) is 2.51. The van der Waals surface area contributed by atoms with Gasteiger partial charge in [0.25, 0.3) is 0 Å². The Morgan fingerprint density at radius 1 is 1.25 bits per heavy atom. The highest BCUT2D eigenvalue weighted by molar-refractivity contribution is 5.42. The van der Waals surface area contributed by atoms with Crippen molar-refractivity contribution in [1.29, 1.82) is 0 Å². The van der Waals surface area contributed by atoms with Crippen molar-refractivity contribution in [3.63, 3.8) is 0 Å². The SMILES string of the molecule is COc1ccnc(Cc2cccc(N)c2)c1. The van der Waals surface area contributed by atoms with Gasteiger partial charge >= 0.3 is 0 Å². The molecule has 0 amide bonds. The van der Waals surface area contributed by atoms with Crippen LogP contribution in [0, 0.1) is 0 Å². The van der Waals surface area contributed by atoms with Crippen LogP contribution in [0.2, 0.25) is 0 Å². The lowest BCUT2D eigenvalue weighted by Crippen LogP contribution is -1.94. The second-order valence-electron chi connectivity index (χ2n) is 3.61. The molecule has 0 radical (unpaired) electrons. The summed E-state index contributed by atoms with van der Waals surface area (Å²) in [6.07, 6.45) is 2.52. The molecule has 0 saturated carbocycles. The zero-order chi connectivity index (χ0) is 11.4. The zero-order valence-electron chi connectivity index (χ0n) is 9.18. The van der Waals surface area contributed by atoms with Crippen LogP contribution in [-0.4, -0.2) is 12.1 Å². The maximum absolute atomic E-state index is 5.72. The summed E-state index contributed by atoms with van der Waals surface area (Å²) in [5.74, 6) is 0.828. The molecule has 3 heteroatoms. The first-order valence-corrected chi connectivity index (χ1v) is 5.11. The summed E-state index contributed by atoms with van der Waals surface area (Å²) < 4.78 is 5.15. The van der Waals surface area contributed by atoms with Crippen molar-refractivity contribution in [3.05, 3.63) is 53.9 Å². The lowest BCUT2D eigenvalue weighted by atomic mass is 10.1. The minimum atomic E-state index is 0.766. The molecule has 0 atom stereocenters. The fraction of sp³-hybridized carbons (Fsp3) is 0.154. The van der Waals surface area contributed by atoms with Gasteiger partial charge in [-0.15, -0.1) is 0 Å². The molecule has 2 aromatic rings. The van der Waals surface area contributed by atoms with Gasteiger partial charge in [-0.1, -0.05) is 12.1 Å². The molecule has 16 heavy (non-hydrogen) atoms. The summed E-state index contributed by atoms with van der Waals surface area (Å²) in [5.41, 5.74) is 8.63. The second-order valence-corrected chi connectivity index (χ2v) is 3.61. The Balaban J connectivity index is 2.20. The Kier molecular flexibility index (Phi) is 3.05. The quantitative estimate of drug-likeness (QED) is 0.797. The molecule has 2 N–H and O–H groups in total. The summed E-state index contributed by atoms with van der Waals surface area (Å²) >= 11 is 0. The van der Waals surface area contributed by atoms with Crippen LogP contribution in [0.1, 0.15) is 11.3 Å². The predicted octanol–water partition coefficient (Wildman–Crippen LogP) is 2.26. The van der Waals surface area contributed by atoms with Crippen LogP contribution in [0.5, 0.6) is 5.75 Å². The standard InChI is InChI=1S/C13H14N2O/c1-16-13-5-6-15-12(9-13)8-10-3-2-4-11(14)7-10/h2-7,9H,8,14H2,1H3. The first-order valence-electron chi connectivity index (χ1n) is 5.11. The largest absolute Gasteiger partial charge is 0.497 e. The van der Waals surface area contributed by atoms with Gasteiger partial charge in [-0.3, -0.25) is 4.98 Å². The molecule has 0 spiro atoms. The average Bonchev–Trinajstić information content (AvgIpc) is 2.29. The topological polar surface area (TPSA) is 48.1 Å². The Morgan fingerprint density at radius 3 is 2.88 bits per heavy atom. The number of aromatic nitrogens is 1. The Hall–Kier alpha value is -2.03. The van der Waals surface area contributed by atoms with E-state index in [9.17, 15) is 0 Å². The van der Waals surface area contributed by atoms with Crippen molar-refractivity contribution >= 4 is 5.69 Å². The van der Waals surface area contributed by atoms with E-state index in [0.29, 0.717) is 0 Å². The summed E-state index contributed by atoms with van der Waals surface area (Å²) in [4.78, 5) is 4.29. The molecule has 0 saturated heterocycles. The molecule has 0 aliphatic rings. The maximum atomic E-state index is 5.72. The number of nitrogen functional groups attached to an aromatic ring is 1. The van der Waals surface area contributed by atoms with E-state index in [1.54, 1.807) is 13.3 Å². The summed E-state index contributed by atoms with van der Waals surface area (Å²) in [7, 11) is 1.65. The molecule has 1 heterocycles. The van der Waals surface area contributed by atoms with Crippen LogP contribution in [-0.2, 0) is 6.42 Å². The molecule has 0 fully saturated rings. The van der Waals surface area contributed by atoms with Crippen LogP contribution < -0.4 is 10.5 Å². The lowest BCUT2D eigenvalue weighted by molar-refractivity contribution is 0.413. The molecule has 82 valence electrons. The number of ether oxygens (including phenoxy) is 1. The molecule has 1 aromatic heterocycles. The summed E-state index contributed by atoms with van der Waals surface area (Å²) in [6.45, 7) is 0. The molecule has 1 aromatic carbocycles. The van der Waals surface area contributed by atoms with Crippen LogP contribution in [0.15, 0.2) is 42.6 Å². The zero-order valence-corrected chi connectivity index (χ0v) is 9.18. The van der Waals surface area contributed by atoms with E-state index < -0.39 is 0 Å². The van der Waals surface area contributed by atoms with E-state index in [0.717, 1.165) is 29.1 Å². The van der Waals surface area contributed by atoms with Crippen molar-refractivity contribution in [2.75, 3.05) is 12.8 Å². The van der Waals surface area contributed by atoms with Gasteiger partial charge in [0.15, 0.2) is 0 Å². The predicted molar refractivity (Wildman–Crippen MR) is 64.4 cm³/mol. The van der Waals surface area contributed by atoms with Crippen LogP contribution in [0.4, 0.5) is 5.69 Å². The molecular formula is C13H14N2O. The van der Waals surface area contributed by atoms with Crippen molar-refractivity contribution in [3.8, 4) is 5.75 Å². The van der Waals surface area contributed by atoms with E-state index in [1.165, 1.54) is 0 Å². The molecule has 0 aliphatic heterocycles. The Morgan fingerprint density at radius 2 is 2.12 bits per heavy atom. The number of anilines is 1. The van der Waals surface area contributed by atoms with Crippen molar-refractivity contribution < 1.29 is 4.74 Å². The van der Waals surface area contributed by atoms with Crippen LogP contribution >= 0.6 is 0 Å². The first kappa shape index (κ1) is 10.5. The maximum Gasteiger partial charge on any atom is 0.122 e. The van der Waals surface area contributed by atoms with E-state index in [1.807, 2.05) is 36.4 Å². The van der Waals surface area contributed by atoms with Crippen molar-refractivity contribution in [2.24, 2.45) is 0 Å². The number of nitrogens with zero attached hydrogens (tertiary/aromatic N) is 1. The van der Waals surface area contributed by atoms with Gasteiger partial charge in [0, 0.05) is 30.1 Å². The fourth-order valence-corrected chi connectivity index (χ4v) is 1.59. The Bertz CT molecular complexity index is 483. The first-order chi connectivity index (χ1) is 7.78. The smallest absolute Gasteiger partial charge is 0.122 e. The summed E-state index contributed by atoms with van der Waals surface area (Å²) in [6, 6.07) is 11.6. The third-order valence-electron chi connectivity index (χ3n) is 2.36. The lowest BCUT2D eigenvalue weighted by Gasteiger charge is -2.04. The van der Waals surface area contributed by atoms with Gasteiger partial charge in [0.1, 0.15) is 5.75 Å². The third-order valence-corrected chi connectivity index (χ3v) is 2.36. The molecule has 0 bridgehead atoms. The number of rotatable bonds is 3. The van der Waals surface area contributed by atoms with Gasteiger partial charge in [0.05, 0.1) is 7.11 Å². The van der Waals surface area contributed by atoms with Crippen LogP contribution in [0.25, 0.3) is 0 Å². The normalized spacial score (nSPS) is 10.1. The van der Waals surface area contributed by atoms with Crippen LogP contribution in [0.3, 0.4) is 0 Å². The highest BCUT2D eigenvalue weighted by Gasteiger charge is 2.00. The number of hydrogen-bond donors (Lipinski definition) is 1. The van der Waals surface area contributed by atoms with Gasteiger partial charge in [0.2, 0.25) is 0 Å². The molecule has 0 unspecified atom stereocenters. The number of methoxy groups -OCH3 is 1. The monoisotopic (exact) mass is 214 g/mol. The van der Waals surface area contributed by atoms with Crippen molar-refractivity contribution in [1.82, 2.24) is 4.98 Å². The second kappa shape index (κ2) is 4.66. The van der Waals surface area contributed by atoms with Crippen molar-refractivity contribution in [2.45, 2.75) is 6.42 Å². The minimum Gasteiger partial charge on any atom is -0.497 e. The highest BCUT2D eigenvalue weighted by Crippen LogP contribution is 2.15. The Labute approximate surface area is 94.9 Å². The number of hydrogen-bond acceptors (Lipinski definition) is 3. The summed E-state index contributed by atoms with van der Waals surface area (Å²) in [5, 5.41) is 0. The molecule has 3 nitrogen and oxygen atoms in total. The molecule has 0 aliphatic carbocycles. The van der Waals surface area contributed by atoms with E-state index in [-0.39, 0.29) is 0 Å². The number of nitrogens with two attached hydrogens (primary N) is 1. The number of pyridine rings is 1. The fourth-order valence-electron chi connectivity index (χ4n) is 1.59. The number of benzene rings is 1. The minimum absolute atomic E-state index is 0.766. The van der Waals surface area contributed by atoms with Gasteiger partial charge in [-0.05, 0) is 23.8 Å². The van der Waals surface area contributed by atoms with E-state index in [4.69, 9.17) is 10.5 Å². The molecular weight excluding hydrogens is 200 g/mol. The molecule has 2 rings (SSSR count).